The Balaban J connectivity index is 1.31. The lowest BCUT2D eigenvalue weighted by Gasteiger charge is -2.38. The molecule has 2 aliphatic heterocycles. The maximum atomic E-state index is 13.2. The van der Waals surface area contributed by atoms with E-state index in [4.69, 9.17) is 9.47 Å². The summed E-state index contributed by atoms with van der Waals surface area (Å²) in [7, 11) is -0.313. The number of carbonyl (C=O) groups excluding carboxylic acids is 1. The van der Waals surface area contributed by atoms with E-state index in [1.165, 1.54) is 23.5 Å². The molecule has 0 spiro atoms. The van der Waals surface area contributed by atoms with E-state index in [-0.39, 0.29) is 23.9 Å². The summed E-state index contributed by atoms with van der Waals surface area (Å²) in [5.74, 6) is -1.34. The van der Waals surface area contributed by atoms with Gasteiger partial charge in [-0.1, -0.05) is 0 Å². The average Bonchev–Trinajstić information content (AvgIpc) is 3.34. The van der Waals surface area contributed by atoms with Crippen molar-refractivity contribution in [3.8, 4) is 0 Å². The van der Waals surface area contributed by atoms with Gasteiger partial charge in [0.15, 0.2) is 21.4 Å². The van der Waals surface area contributed by atoms with Crippen LogP contribution in [0.3, 0.4) is 0 Å². The van der Waals surface area contributed by atoms with Gasteiger partial charge in [-0.15, -0.1) is 11.3 Å². The highest BCUT2D eigenvalue weighted by Gasteiger charge is 2.49. The number of carbonyl (C=O) groups is 1. The quantitative estimate of drug-likeness (QED) is 0.403. The molecule has 1 unspecified atom stereocenters. The van der Waals surface area contributed by atoms with Gasteiger partial charge < -0.3 is 14.4 Å². The summed E-state index contributed by atoms with van der Waals surface area (Å²) in [6.07, 6.45) is 3.06. The molecular weight excluding hydrogens is 465 g/mol. The van der Waals surface area contributed by atoms with Crippen molar-refractivity contribution in [2.45, 2.75) is 47.4 Å². The van der Waals surface area contributed by atoms with E-state index < -0.39 is 20.9 Å². The van der Waals surface area contributed by atoms with Crippen molar-refractivity contribution >= 4 is 27.0 Å². The minimum atomic E-state index is -3.42. The first kappa shape index (κ1) is 24.5. The SMILES string of the molecule is COC1(OC)CC(CCCN2CCC(C(=O)c3ccc(F)cc3)CC2)S(=O)(=O)c2sccc21. The van der Waals surface area contributed by atoms with Crippen molar-refractivity contribution in [2.24, 2.45) is 5.92 Å². The molecule has 33 heavy (non-hydrogen) atoms. The molecule has 1 aromatic heterocycles. The van der Waals surface area contributed by atoms with Gasteiger partial charge in [-0.2, -0.15) is 0 Å². The number of ketones is 1. The first-order chi connectivity index (χ1) is 15.8. The number of thiophene rings is 1. The van der Waals surface area contributed by atoms with E-state index in [1.807, 2.05) is 0 Å². The Kier molecular flexibility index (Phi) is 7.35. The van der Waals surface area contributed by atoms with Crippen LogP contribution in [0.4, 0.5) is 4.39 Å². The maximum Gasteiger partial charge on any atom is 0.197 e. The van der Waals surface area contributed by atoms with Crippen LogP contribution in [0.5, 0.6) is 0 Å². The second-order valence-corrected chi connectivity index (χ2v) is 12.1. The second kappa shape index (κ2) is 9.92. The molecule has 2 aromatic rings. The van der Waals surface area contributed by atoms with Crippen molar-refractivity contribution in [2.75, 3.05) is 33.9 Å². The summed E-state index contributed by atoms with van der Waals surface area (Å²) in [6, 6.07) is 7.52. The molecule has 0 radical (unpaired) electrons. The van der Waals surface area contributed by atoms with Crippen LogP contribution < -0.4 is 0 Å². The number of hydrogen-bond donors (Lipinski definition) is 0. The summed E-state index contributed by atoms with van der Waals surface area (Å²) < 4.78 is 51.1. The Morgan fingerprint density at radius 1 is 1.15 bits per heavy atom. The number of Topliss-reactive ketones (excluding diaryl/α,β-unsaturated/α-hetero) is 1. The standard InChI is InChI=1S/C24H30FNO5S2/c1-30-24(31-2)16-20(33(28,29)23-21(24)11-15-32-23)4-3-12-26-13-9-18(10-14-26)22(27)17-5-7-19(25)8-6-17/h5-8,11,15,18,20H,3-4,9-10,12-14,16H2,1-2H3. The van der Waals surface area contributed by atoms with E-state index in [0.29, 0.717) is 21.8 Å². The van der Waals surface area contributed by atoms with Gasteiger partial charge in [-0.05, 0) is 81.0 Å². The Morgan fingerprint density at radius 2 is 1.82 bits per heavy atom. The Morgan fingerprint density at radius 3 is 2.45 bits per heavy atom. The fourth-order valence-electron chi connectivity index (χ4n) is 5.01. The third-order valence-electron chi connectivity index (χ3n) is 6.98. The highest BCUT2D eigenvalue weighted by molar-refractivity contribution is 7.94. The molecular formula is C24H30FNO5S2. The van der Waals surface area contributed by atoms with E-state index >= 15 is 0 Å². The lowest BCUT2D eigenvalue weighted by molar-refractivity contribution is -0.223. The van der Waals surface area contributed by atoms with E-state index in [2.05, 4.69) is 4.90 Å². The van der Waals surface area contributed by atoms with Gasteiger partial charge >= 0.3 is 0 Å². The van der Waals surface area contributed by atoms with Crippen LogP contribution in [0, 0.1) is 11.7 Å². The third kappa shape index (κ3) is 4.79. The minimum absolute atomic E-state index is 0.0493. The summed E-state index contributed by atoms with van der Waals surface area (Å²) in [4.78, 5) is 15.0. The molecule has 1 fully saturated rings. The van der Waals surface area contributed by atoms with Crippen molar-refractivity contribution in [1.29, 1.82) is 0 Å². The lowest BCUT2D eigenvalue weighted by atomic mass is 9.89. The zero-order valence-electron chi connectivity index (χ0n) is 19.0. The fraction of sp³-hybridized carbons (Fsp3) is 0.542. The number of likely N-dealkylation sites (tertiary alicyclic amines) is 1. The number of piperidine rings is 1. The van der Waals surface area contributed by atoms with Gasteiger partial charge in [0.2, 0.25) is 0 Å². The van der Waals surface area contributed by atoms with Crippen LogP contribution >= 0.6 is 11.3 Å². The number of rotatable bonds is 8. The predicted molar refractivity (Wildman–Crippen MR) is 125 cm³/mol. The van der Waals surface area contributed by atoms with Crippen LogP contribution in [0.2, 0.25) is 0 Å². The zero-order valence-corrected chi connectivity index (χ0v) is 20.6. The summed E-state index contributed by atoms with van der Waals surface area (Å²) >= 11 is 1.22. The van der Waals surface area contributed by atoms with E-state index in [1.54, 1.807) is 37.8 Å². The Labute approximate surface area is 198 Å². The number of hydrogen-bond acceptors (Lipinski definition) is 7. The first-order valence-electron chi connectivity index (χ1n) is 11.2. The topological polar surface area (TPSA) is 72.9 Å². The smallest absolute Gasteiger partial charge is 0.197 e. The molecule has 9 heteroatoms. The number of fused-ring (bicyclic) bond motifs is 1. The van der Waals surface area contributed by atoms with E-state index in [0.717, 1.165) is 38.9 Å². The molecule has 180 valence electrons. The molecule has 0 saturated carbocycles. The van der Waals surface area contributed by atoms with Crippen LogP contribution in [-0.4, -0.2) is 58.2 Å². The molecule has 4 rings (SSSR count). The number of methoxy groups -OCH3 is 2. The molecule has 2 aliphatic rings. The molecule has 3 heterocycles. The highest BCUT2D eigenvalue weighted by atomic mass is 32.2. The second-order valence-electron chi connectivity index (χ2n) is 8.78. The van der Waals surface area contributed by atoms with Crippen LogP contribution in [0.1, 0.15) is 48.0 Å². The van der Waals surface area contributed by atoms with Gasteiger partial charge in [-0.25, -0.2) is 12.8 Å². The van der Waals surface area contributed by atoms with Crippen LogP contribution in [0.25, 0.3) is 0 Å². The molecule has 0 bridgehead atoms. The number of benzene rings is 1. The Bertz CT molecular complexity index is 1070. The van der Waals surface area contributed by atoms with Crippen molar-refractivity contribution < 1.29 is 27.1 Å². The van der Waals surface area contributed by atoms with Gasteiger partial charge in [0.1, 0.15) is 10.0 Å². The van der Waals surface area contributed by atoms with Crippen molar-refractivity contribution in [3.63, 3.8) is 0 Å². The largest absolute Gasteiger partial charge is 0.349 e. The number of nitrogens with zero attached hydrogens (tertiary/aromatic N) is 1. The molecule has 0 N–H and O–H groups in total. The first-order valence-corrected chi connectivity index (χ1v) is 13.7. The van der Waals surface area contributed by atoms with Gasteiger partial charge in [0.25, 0.3) is 0 Å². The van der Waals surface area contributed by atoms with Crippen LogP contribution in [-0.2, 0) is 25.1 Å². The summed E-state index contributed by atoms with van der Waals surface area (Å²) in [5.41, 5.74) is 1.16. The number of halogens is 1. The van der Waals surface area contributed by atoms with Crippen molar-refractivity contribution in [1.82, 2.24) is 4.90 Å². The average molecular weight is 496 g/mol. The molecule has 1 saturated heterocycles. The van der Waals surface area contributed by atoms with Crippen LogP contribution in [0.15, 0.2) is 39.9 Å². The monoisotopic (exact) mass is 495 g/mol. The number of ether oxygens (including phenoxy) is 2. The van der Waals surface area contributed by atoms with Gasteiger partial charge in [0.05, 0.1) is 5.25 Å². The molecule has 0 aliphatic carbocycles. The fourth-order valence-corrected chi connectivity index (χ4v) is 8.55. The lowest BCUT2D eigenvalue weighted by Crippen LogP contribution is -2.43. The molecule has 1 aromatic carbocycles. The van der Waals surface area contributed by atoms with Crippen molar-refractivity contribution in [3.05, 3.63) is 52.7 Å². The molecule has 1 atom stereocenters. The van der Waals surface area contributed by atoms with Gasteiger partial charge in [-0.3, -0.25) is 4.79 Å². The highest BCUT2D eigenvalue weighted by Crippen LogP contribution is 2.46. The minimum Gasteiger partial charge on any atom is -0.349 e. The normalized spacial score (nSPS) is 22.7. The third-order valence-corrected chi connectivity index (χ3v) is 10.7. The van der Waals surface area contributed by atoms with Gasteiger partial charge in [0, 0.05) is 37.7 Å². The summed E-state index contributed by atoms with van der Waals surface area (Å²) in [5, 5.41) is 1.22. The maximum absolute atomic E-state index is 13.2. The number of sulfone groups is 1. The molecule has 6 nitrogen and oxygen atoms in total. The predicted octanol–water partition coefficient (Wildman–Crippen LogP) is 4.25. The zero-order chi connectivity index (χ0) is 23.6. The van der Waals surface area contributed by atoms with E-state index in [9.17, 15) is 17.6 Å². The Hall–Kier alpha value is -1.65. The summed E-state index contributed by atoms with van der Waals surface area (Å²) in [6.45, 7) is 2.38. The molecule has 0 amide bonds.